The summed E-state index contributed by atoms with van der Waals surface area (Å²) in [7, 11) is 0. The number of nitrogens with zero attached hydrogens (tertiary/aromatic N) is 1. The fraction of sp³-hybridized carbons (Fsp3) is 0.684. The van der Waals surface area contributed by atoms with Gasteiger partial charge in [-0.3, -0.25) is 4.90 Å². The van der Waals surface area contributed by atoms with Crippen LogP contribution in [0.2, 0.25) is 0 Å². The van der Waals surface area contributed by atoms with E-state index in [2.05, 4.69) is 55.3 Å². The van der Waals surface area contributed by atoms with Crippen LogP contribution >= 0.6 is 0 Å². The third-order valence-electron chi connectivity index (χ3n) is 5.38. The summed E-state index contributed by atoms with van der Waals surface area (Å²) in [6.07, 6.45) is 5.08. The fourth-order valence-corrected chi connectivity index (χ4v) is 4.21. The fourth-order valence-electron chi connectivity index (χ4n) is 4.21. The zero-order valence-corrected chi connectivity index (χ0v) is 13.8. The van der Waals surface area contributed by atoms with Crippen molar-refractivity contribution >= 4 is 0 Å². The first-order valence-electron chi connectivity index (χ1n) is 8.75. The van der Waals surface area contributed by atoms with Crippen LogP contribution in [0.5, 0.6) is 0 Å². The van der Waals surface area contributed by atoms with Crippen LogP contribution in [0.3, 0.4) is 0 Å². The van der Waals surface area contributed by atoms with Crippen LogP contribution in [0.15, 0.2) is 24.3 Å². The molecule has 3 rings (SSSR count). The Morgan fingerprint density at radius 1 is 1.19 bits per heavy atom. The third kappa shape index (κ3) is 3.17. The van der Waals surface area contributed by atoms with Crippen LogP contribution in [-0.2, 0) is 12.8 Å². The number of benzene rings is 1. The van der Waals surface area contributed by atoms with Crippen molar-refractivity contribution < 1.29 is 0 Å². The van der Waals surface area contributed by atoms with E-state index in [1.807, 2.05) is 0 Å². The van der Waals surface area contributed by atoms with Gasteiger partial charge < -0.3 is 5.32 Å². The summed E-state index contributed by atoms with van der Waals surface area (Å²) in [5.41, 5.74) is 3.16. The highest BCUT2D eigenvalue weighted by Gasteiger charge is 2.36. The molecule has 1 aliphatic heterocycles. The van der Waals surface area contributed by atoms with E-state index < -0.39 is 0 Å². The molecule has 0 spiro atoms. The predicted molar refractivity (Wildman–Crippen MR) is 89.7 cm³/mol. The summed E-state index contributed by atoms with van der Waals surface area (Å²) in [6.45, 7) is 9.44. The molecular weight excluding hydrogens is 256 g/mol. The lowest BCUT2D eigenvalue weighted by Gasteiger charge is -2.45. The summed E-state index contributed by atoms with van der Waals surface area (Å²) in [5.74, 6) is 0.726. The topological polar surface area (TPSA) is 15.3 Å². The number of fused-ring (bicyclic) bond motifs is 1. The highest BCUT2D eigenvalue weighted by Crippen LogP contribution is 2.29. The number of piperazine rings is 1. The van der Waals surface area contributed by atoms with E-state index >= 15 is 0 Å². The van der Waals surface area contributed by atoms with Crippen molar-refractivity contribution in [2.24, 2.45) is 5.92 Å². The van der Waals surface area contributed by atoms with Crippen LogP contribution in [0.1, 0.15) is 44.7 Å². The second-order valence-corrected chi connectivity index (χ2v) is 7.23. The van der Waals surface area contributed by atoms with Gasteiger partial charge in [0.2, 0.25) is 0 Å². The second kappa shape index (κ2) is 6.50. The molecule has 2 heteroatoms. The average Bonchev–Trinajstić information content (AvgIpc) is 2.91. The smallest absolute Gasteiger partial charge is 0.0247 e. The van der Waals surface area contributed by atoms with E-state index in [-0.39, 0.29) is 0 Å². The molecule has 1 aromatic rings. The van der Waals surface area contributed by atoms with Gasteiger partial charge >= 0.3 is 0 Å². The van der Waals surface area contributed by atoms with Gasteiger partial charge in [-0.15, -0.1) is 0 Å². The Kier molecular flexibility index (Phi) is 4.66. The van der Waals surface area contributed by atoms with E-state index in [1.54, 1.807) is 11.1 Å². The molecule has 2 unspecified atom stereocenters. The molecule has 1 N–H and O–H groups in total. The van der Waals surface area contributed by atoms with Crippen molar-refractivity contribution in [2.45, 2.75) is 64.6 Å². The maximum atomic E-state index is 3.78. The van der Waals surface area contributed by atoms with Gasteiger partial charge in [0.25, 0.3) is 0 Å². The summed E-state index contributed by atoms with van der Waals surface area (Å²) in [4.78, 5) is 2.83. The van der Waals surface area contributed by atoms with Crippen molar-refractivity contribution in [3.8, 4) is 0 Å². The van der Waals surface area contributed by atoms with E-state index in [4.69, 9.17) is 0 Å². The molecular formula is C19H30N2. The lowest BCUT2D eigenvalue weighted by atomic mass is 9.94. The van der Waals surface area contributed by atoms with Gasteiger partial charge in [-0.1, -0.05) is 51.5 Å². The Labute approximate surface area is 129 Å². The molecule has 0 saturated carbocycles. The molecule has 1 aliphatic carbocycles. The van der Waals surface area contributed by atoms with Crippen LogP contribution < -0.4 is 5.32 Å². The molecule has 1 heterocycles. The summed E-state index contributed by atoms with van der Waals surface area (Å²) < 4.78 is 0. The summed E-state index contributed by atoms with van der Waals surface area (Å²) >= 11 is 0. The minimum atomic E-state index is 0.689. The minimum Gasteiger partial charge on any atom is -0.311 e. The number of rotatable bonds is 4. The summed E-state index contributed by atoms with van der Waals surface area (Å²) in [5, 5.41) is 3.78. The zero-order valence-electron chi connectivity index (χ0n) is 13.8. The Bertz CT molecular complexity index is 443. The highest BCUT2D eigenvalue weighted by atomic mass is 15.3. The molecule has 2 aliphatic rings. The van der Waals surface area contributed by atoms with Gasteiger partial charge in [0.05, 0.1) is 0 Å². The Morgan fingerprint density at radius 3 is 2.43 bits per heavy atom. The molecule has 1 aromatic carbocycles. The maximum Gasteiger partial charge on any atom is 0.0247 e. The first-order chi connectivity index (χ1) is 10.2. The molecule has 0 bridgehead atoms. The molecule has 2 nitrogen and oxygen atoms in total. The standard InChI is InChI=1S/C19H30N2/c1-4-7-17-13-21(19(12-20-17)14(2)3)18-10-15-8-5-6-9-16(15)11-18/h5-6,8-9,14,17-20H,4,7,10-13H2,1-3H3. The van der Waals surface area contributed by atoms with Crippen molar-refractivity contribution in [1.29, 1.82) is 0 Å². The lowest BCUT2D eigenvalue weighted by molar-refractivity contribution is 0.0570. The Hall–Kier alpha value is -0.860. The monoisotopic (exact) mass is 286 g/mol. The molecule has 1 fully saturated rings. The zero-order chi connectivity index (χ0) is 14.8. The first-order valence-corrected chi connectivity index (χ1v) is 8.75. The van der Waals surface area contributed by atoms with Gasteiger partial charge in [0.1, 0.15) is 0 Å². The second-order valence-electron chi connectivity index (χ2n) is 7.23. The van der Waals surface area contributed by atoms with Gasteiger partial charge in [-0.25, -0.2) is 0 Å². The molecule has 0 amide bonds. The van der Waals surface area contributed by atoms with Crippen molar-refractivity contribution in [3.63, 3.8) is 0 Å². The van der Waals surface area contributed by atoms with E-state index in [0.29, 0.717) is 12.1 Å². The van der Waals surface area contributed by atoms with E-state index in [9.17, 15) is 0 Å². The van der Waals surface area contributed by atoms with Crippen LogP contribution in [0.4, 0.5) is 0 Å². The molecule has 1 saturated heterocycles. The Balaban J connectivity index is 1.74. The number of nitrogens with one attached hydrogen (secondary N) is 1. The maximum absolute atomic E-state index is 3.78. The predicted octanol–water partition coefficient (Wildman–Crippen LogP) is 3.25. The van der Waals surface area contributed by atoms with Crippen molar-refractivity contribution in [1.82, 2.24) is 10.2 Å². The molecule has 0 radical (unpaired) electrons. The van der Waals surface area contributed by atoms with Crippen LogP contribution in [0, 0.1) is 5.92 Å². The van der Waals surface area contributed by atoms with E-state index in [1.165, 1.54) is 32.2 Å². The minimum absolute atomic E-state index is 0.689. The van der Waals surface area contributed by atoms with Gasteiger partial charge in [0.15, 0.2) is 0 Å². The normalized spacial score (nSPS) is 27.2. The number of hydrogen-bond acceptors (Lipinski definition) is 2. The van der Waals surface area contributed by atoms with Gasteiger partial charge in [-0.05, 0) is 36.3 Å². The molecule has 0 aromatic heterocycles. The SMILES string of the molecule is CCCC1CN(C2Cc3ccccc3C2)C(C(C)C)CN1. The van der Waals surface area contributed by atoms with Crippen molar-refractivity contribution in [3.05, 3.63) is 35.4 Å². The van der Waals surface area contributed by atoms with Crippen molar-refractivity contribution in [2.75, 3.05) is 13.1 Å². The van der Waals surface area contributed by atoms with Crippen LogP contribution in [-0.4, -0.2) is 36.1 Å². The van der Waals surface area contributed by atoms with Gasteiger partial charge in [0, 0.05) is 31.2 Å². The van der Waals surface area contributed by atoms with Gasteiger partial charge in [-0.2, -0.15) is 0 Å². The Morgan fingerprint density at radius 2 is 1.86 bits per heavy atom. The van der Waals surface area contributed by atoms with Crippen LogP contribution in [0.25, 0.3) is 0 Å². The summed E-state index contributed by atoms with van der Waals surface area (Å²) in [6, 6.07) is 11.1. The first kappa shape index (κ1) is 15.1. The number of hydrogen-bond donors (Lipinski definition) is 1. The molecule has 2 atom stereocenters. The average molecular weight is 286 g/mol. The van der Waals surface area contributed by atoms with E-state index in [0.717, 1.165) is 18.5 Å². The highest BCUT2D eigenvalue weighted by molar-refractivity contribution is 5.33. The lowest BCUT2D eigenvalue weighted by Crippen LogP contribution is -2.61. The third-order valence-corrected chi connectivity index (χ3v) is 5.38. The largest absolute Gasteiger partial charge is 0.311 e. The molecule has 116 valence electrons. The molecule has 21 heavy (non-hydrogen) atoms. The quantitative estimate of drug-likeness (QED) is 0.914.